The average Bonchev–Trinajstić information content (AvgIpc) is 3.38. The van der Waals surface area contributed by atoms with Gasteiger partial charge in [0.15, 0.2) is 0 Å². The first-order chi connectivity index (χ1) is 16.3. The standard InChI is InChI=1S/C30H20N2O/c1-3-7-26-19-22(13-14-23(26)5-1)10-9-21-11-15-25(16-12-21)29-31-32-30(33-29)28-18-17-24-6-2-4-8-27(24)20-28/h1-20H/b10-9+. The van der Waals surface area contributed by atoms with Gasteiger partial charge in [-0.25, -0.2) is 0 Å². The highest BCUT2D eigenvalue weighted by atomic mass is 16.4. The van der Waals surface area contributed by atoms with E-state index in [1.165, 1.54) is 21.7 Å². The summed E-state index contributed by atoms with van der Waals surface area (Å²) in [4.78, 5) is 0. The Hall–Kier alpha value is -4.50. The molecular formula is C30H20N2O. The molecule has 1 heterocycles. The third-order valence-corrected chi connectivity index (χ3v) is 5.82. The van der Waals surface area contributed by atoms with Crippen LogP contribution in [0.3, 0.4) is 0 Å². The molecule has 0 aliphatic heterocycles. The lowest BCUT2D eigenvalue weighted by Crippen LogP contribution is -1.79. The Labute approximate surface area is 191 Å². The largest absolute Gasteiger partial charge is 0.416 e. The number of hydrogen-bond donors (Lipinski definition) is 0. The van der Waals surface area contributed by atoms with Crippen LogP contribution in [-0.2, 0) is 0 Å². The Kier molecular flexibility index (Phi) is 4.78. The molecule has 0 unspecified atom stereocenters. The van der Waals surface area contributed by atoms with Crippen LogP contribution in [0, 0.1) is 0 Å². The smallest absolute Gasteiger partial charge is 0.248 e. The highest BCUT2D eigenvalue weighted by Crippen LogP contribution is 2.27. The number of benzene rings is 5. The van der Waals surface area contributed by atoms with E-state index in [0.717, 1.165) is 22.1 Å². The summed E-state index contributed by atoms with van der Waals surface area (Å²) in [6, 6.07) is 37.4. The molecule has 0 aliphatic rings. The van der Waals surface area contributed by atoms with Gasteiger partial charge in [-0.05, 0) is 63.0 Å². The van der Waals surface area contributed by atoms with E-state index in [1.54, 1.807) is 0 Å². The molecule has 6 rings (SSSR count). The maximum Gasteiger partial charge on any atom is 0.248 e. The monoisotopic (exact) mass is 424 g/mol. The van der Waals surface area contributed by atoms with Gasteiger partial charge in [0.05, 0.1) is 0 Å². The van der Waals surface area contributed by atoms with E-state index in [1.807, 2.05) is 30.3 Å². The Bertz CT molecular complexity index is 1610. The van der Waals surface area contributed by atoms with Gasteiger partial charge in [-0.1, -0.05) is 91.0 Å². The molecule has 0 amide bonds. The predicted molar refractivity (Wildman–Crippen MR) is 136 cm³/mol. The highest BCUT2D eigenvalue weighted by molar-refractivity contribution is 5.87. The SMILES string of the molecule is C(=C\c1ccc2ccccc2c1)/c1ccc(-c2nnc(-c3ccc4ccccc4c3)o2)cc1. The van der Waals surface area contributed by atoms with Crippen molar-refractivity contribution in [2.24, 2.45) is 0 Å². The van der Waals surface area contributed by atoms with Gasteiger partial charge < -0.3 is 4.42 Å². The molecule has 3 heteroatoms. The summed E-state index contributed by atoms with van der Waals surface area (Å²) in [5.41, 5.74) is 4.11. The fourth-order valence-electron chi connectivity index (χ4n) is 4.02. The minimum Gasteiger partial charge on any atom is -0.416 e. The van der Waals surface area contributed by atoms with E-state index in [0.29, 0.717) is 11.8 Å². The topological polar surface area (TPSA) is 38.9 Å². The van der Waals surface area contributed by atoms with E-state index >= 15 is 0 Å². The first-order valence-corrected chi connectivity index (χ1v) is 10.9. The van der Waals surface area contributed by atoms with Crippen LogP contribution in [0.25, 0.3) is 56.6 Å². The van der Waals surface area contributed by atoms with Gasteiger partial charge >= 0.3 is 0 Å². The number of hydrogen-bond acceptors (Lipinski definition) is 3. The summed E-state index contributed by atoms with van der Waals surface area (Å²) in [6.07, 6.45) is 4.24. The average molecular weight is 425 g/mol. The van der Waals surface area contributed by atoms with E-state index in [4.69, 9.17) is 4.42 Å². The van der Waals surface area contributed by atoms with Gasteiger partial charge in [-0.3, -0.25) is 0 Å². The predicted octanol–water partition coefficient (Wildman–Crippen LogP) is 7.88. The fourth-order valence-corrected chi connectivity index (χ4v) is 4.02. The Balaban J connectivity index is 1.22. The second-order valence-corrected chi connectivity index (χ2v) is 8.04. The molecule has 0 bridgehead atoms. The van der Waals surface area contributed by atoms with E-state index in [2.05, 4.69) is 101 Å². The van der Waals surface area contributed by atoms with Crippen LogP contribution in [0.15, 0.2) is 114 Å². The molecule has 0 saturated heterocycles. The molecule has 0 atom stereocenters. The normalized spacial score (nSPS) is 11.5. The first-order valence-electron chi connectivity index (χ1n) is 10.9. The van der Waals surface area contributed by atoms with Crippen LogP contribution in [0.2, 0.25) is 0 Å². The van der Waals surface area contributed by atoms with Crippen molar-refractivity contribution in [3.8, 4) is 22.9 Å². The van der Waals surface area contributed by atoms with Gasteiger partial charge in [-0.15, -0.1) is 10.2 Å². The lowest BCUT2D eigenvalue weighted by Gasteiger charge is -2.00. The van der Waals surface area contributed by atoms with Gasteiger partial charge in [0, 0.05) is 11.1 Å². The summed E-state index contributed by atoms with van der Waals surface area (Å²) in [7, 11) is 0. The Morgan fingerprint density at radius 1 is 0.455 bits per heavy atom. The molecule has 0 fully saturated rings. The summed E-state index contributed by atoms with van der Waals surface area (Å²) in [5, 5.41) is 13.4. The van der Waals surface area contributed by atoms with Crippen molar-refractivity contribution in [1.29, 1.82) is 0 Å². The number of nitrogens with zero attached hydrogens (tertiary/aromatic N) is 2. The molecule has 1 aromatic heterocycles. The lowest BCUT2D eigenvalue weighted by atomic mass is 10.1. The van der Waals surface area contributed by atoms with Gasteiger partial charge in [0.25, 0.3) is 0 Å². The highest BCUT2D eigenvalue weighted by Gasteiger charge is 2.11. The minimum atomic E-state index is 0.517. The molecule has 0 spiro atoms. The first kappa shape index (κ1) is 19.2. The zero-order valence-electron chi connectivity index (χ0n) is 17.8. The van der Waals surface area contributed by atoms with Crippen LogP contribution in [0.1, 0.15) is 11.1 Å². The van der Waals surface area contributed by atoms with Crippen LogP contribution in [0.4, 0.5) is 0 Å². The van der Waals surface area contributed by atoms with E-state index < -0.39 is 0 Å². The third kappa shape index (κ3) is 3.92. The molecule has 6 aromatic rings. The molecule has 3 nitrogen and oxygen atoms in total. The second kappa shape index (κ2) is 8.21. The van der Waals surface area contributed by atoms with E-state index in [-0.39, 0.29) is 0 Å². The molecular weight excluding hydrogens is 404 g/mol. The van der Waals surface area contributed by atoms with Crippen LogP contribution in [0.5, 0.6) is 0 Å². The molecule has 0 saturated carbocycles. The van der Waals surface area contributed by atoms with Gasteiger partial charge in [0.1, 0.15) is 0 Å². The zero-order chi connectivity index (χ0) is 22.0. The number of aromatic nitrogens is 2. The molecule has 0 N–H and O–H groups in total. The van der Waals surface area contributed by atoms with Crippen molar-refractivity contribution >= 4 is 33.7 Å². The van der Waals surface area contributed by atoms with Gasteiger partial charge in [0.2, 0.25) is 11.8 Å². The summed E-state index contributed by atoms with van der Waals surface area (Å²) in [6.45, 7) is 0. The minimum absolute atomic E-state index is 0.517. The number of fused-ring (bicyclic) bond motifs is 2. The van der Waals surface area contributed by atoms with Gasteiger partial charge in [-0.2, -0.15) is 0 Å². The van der Waals surface area contributed by atoms with Crippen molar-refractivity contribution in [3.05, 3.63) is 120 Å². The van der Waals surface area contributed by atoms with Crippen molar-refractivity contribution < 1.29 is 4.42 Å². The fraction of sp³-hybridized carbons (Fsp3) is 0. The maximum absolute atomic E-state index is 5.97. The molecule has 0 radical (unpaired) electrons. The quantitative estimate of drug-likeness (QED) is 0.270. The zero-order valence-corrected chi connectivity index (χ0v) is 17.8. The van der Waals surface area contributed by atoms with Crippen molar-refractivity contribution in [2.45, 2.75) is 0 Å². The molecule has 156 valence electrons. The van der Waals surface area contributed by atoms with Crippen molar-refractivity contribution in [3.63, 3.8) is 0 Å². The summed E-state index contributed by atoms with van der Waals surface area (Å²) < 4.78 is 5.97. The summed E-state index contributed by atoms with van der Waals surface area (Å²) >= 11 is 0. The Morgan fingerprint density at radius 3 is 1.70 bits per heavy atom. The maximum atomic E-state index is 5.97. The van der Waals surface area contributed by atoms with Crippen LogP contribution >= 0.6 is 0 Å². The lowest BCUT2D eigenvalue weighted by molar-refractivity contribution is 0.584. The van der Waals surface area contributed by atoms with E-state index in [9.17, 15) is 0 Å². The molecule has 33 heavy (non-hydrogen) atoms. The second-order valence-electron chi connectivity index (χ2n) is 8.04. The molecule has 5 aromatic carbocycles. The van der Waals surface area contributed by atoms with Crippen molar-refractivity contribution in [1.82, 2.24) is 10.2 Å². The number of rotatable bonds is 4. The van der Waals surface area contributed by atoms with Crippen LogP contribution in [-0.4, -0.2) is 10.2 Å². The van der Waals surface area contributed by atoms with Crippen LogP contribution < -0.4 is 0 Å². The van der Waals surface area contributed by atoms with Crippen molar-refractivity contribution in [2.75, 3.05) is 0 Å². The summed E-state index contributed by atoms with van der Waals surface area (Å²) in [5.74, 6) is 1.04. The third-order valence-electron chi connectivity index (χ3n) is 5.82. The molecule has 0 aliphatic carbocycles. The Morgan fingerprint density at radius 2 is 0.970 bits per heavy atom.